The zero-order chi connectivity index (χ0) is 13.0. The van der Waals surface area contributed by atoms with Crippen molar-refractivity contribution in [2.45, 2.75) is 26.8 Å². The fraction of sp³-hybridized carbons (Fsp3) is 0.500. The molecule has 1 rings (SSSR count). The van der Waals surface area contributed by atoms with E-state index in [1.54, 1.807) is 13.0 Å². The molecule has 1 aromatic rings. The monoisotopic (exact) mass is 238 g/mol. The van der Waals surface area contributed by atoms with Crippen LogP contribution in [0.15, 0.2) is 12.3 Å². The predicted molar refractivity (Wildman–Crippen MR) is 65.3 cm³/mol. The maximum atomic E-state index is 11.0. The van der Waals surface area contributed by atoms with Crippen LogP contribution in [0.5, 0.6) is 0 Å². The molecule has 0 aromatic carbocycles. The first-order chi connectivity index (χ1) is 7.95. The molecule has 0 aliphatic rings. The fourth-order valence-electron chi connectivity index (χ4n) is 1.47. The Balaban J connectivity index is 3.03. The van der Waals surface area contributed by atoms with Gasteiger partial charge in [0.15, 0.2) is 0 Å². The summed E-state index contributed by atoms with van der Waals surface area (Å²) in [6.07, 6.45) is 1.33. The van der Waals surface area contributed by atoms with Gasteiger partial charge in [0.25, 0.3) is 0 Å². The summed E-state index contributed by atoms with van der Waals surface area (Å²) in [6, 6.07) is 1.50. The molecule has 1 heterocycles. The van der Waals surface area contributed by atoms with Crippen molar-refractivity contribution in [2.24, 2.45) is 5.92 Å². The molecule has 0 spiro atoms. The van der Waals surface area contributed by atoms with Crippen molar-refractivity contribution in [3.63, 3.8) is 0 Å². The normalized spacial score (nSPS) is 12.5. The quantitative estimate of drug-likeness (QED) is 0.724. The summed E-state index contributed by atoms with van der Waals surface area (Å²) >= 11 is 0. The molecule has 0 radical (unpaired) electrons. The Morgan fingerprint density at radius 1 is 1.53 bits per heavy atom. The van der Waals surface area contributed by atoms with Crippen LogP contribution >= 0.6 is 0 Å². The van der Waals surface area contributed by atoms with Crippen molar-refractivity contribution in [3.05, 3.63) is 23.5 Å². The molecule has 1 aromatic heterocycles. The SMILES string of the molecule is Cc1cc(N[C@H](CO)C(C)C)c(C(=O)O)cn1. The van der Waals surface area contributed by atoms with Crippen LogP contribution in [0, 0.1) is 12.8 Å². The number of nitrogens with zero attached hydrogens (tertiary/aromatic N) is 1. The second-order valence-electron chi connectivity index (χ2n) is 4.35. The molecule has 0 aliphatic carbocycles. The number of aliphatic hydroxyl groups is 1. The molecule has 5 nitrogen and oxygen atoms in total. The van der Waals surface area contributed by atoms with Crippen LogP contribution in [-0.4, -0.2) is 33.8 Å². The average molecular weight is 238 g/mol. The zero-order valence-corrected chi connectivity index (χ0v) is 10.3. The van der Waals surface area contributed by atoms with Crippen molar-refractivity contribution < 1.29 is 15.0 Å². The number of aromatic nitrogens is 1. The number of rotatable bonds is 5. The van der Waals surface area contributed by atoms with Crippen LogP contribution in [0.1, 0.15) is 29.9 Å². The number of carboxylic acid groups (broad SMARTS) is 1. The largest absolute Gasteiger partial charge is 0.478 e. The molecule has 0 saturated heterocycles. The summed E-state index contributed by atoms with van der Waals surface area (Å²) in [7, 11) is 0. The molecule has 17 heavy (non-hydrogen) atoms. The summed E-state index contributed by atoms with van der Waals surface area (Å²) < 4.78 is 0. The van der Waals surface area contributed by atoms with E-state index in [-0.39, 0.29) is 24.1 Å². The van der Waals surface area contributed by atoms with Crippen molar-refractivity contribution in [1.29, 1.82) is 0 Å². The standard InChI is InChI=1S/C12H18N2O3/c1-7(2)11(6-15)14-10-4-8(3)13-5-9(10)12(16)17/h4-5,7,11,15H,6H2,1-3H3,(H,13,14)(H,16,17)/t11-/m1/s1. The van der Waals surface area contributed by atoms with Crippen molar-refractivity contribution in [3.8, 4) is 0 Å². The Bertz CT molecular complexity index is 405. The topological polar surface area (TPSA) is 82.5 Å². The Hall–Kier alpha value is -1.62. The van der Waals surface area contributed by atoms with Crippen LogP contribution in [0.2, 0.25) is 0 Å². The first kappa shape index (κ1) is 13.4. The van der Waals surface area contributed by atoms with Crippen LogP contribution in [0.25, 0.3) is 0 Å². The minimum absolute atomic E-state index is 0.0436. The number of carbonyl (C=O) groups is 1. The Morgan fingerprint density at radius 3 is 2.65 bits per heavy atom. The lowest BCUT2D eigenvalue weighted by molar-refractivity contribution is 0.0697. The lowest BCUT2D eigenvalue weighted by atomic mass is 10.0. The molecule has 94 valence electrons. The number of pyridine rings is 1. The molecule has 0 amide bonds. The summed E-state index contributed by atoms with van der Waals surface area (Å²) in [5, 5.41) is 21.3. The molecule has 3 N–H and O–H groups in total. The van der Waals surface area contributed by atoms with Crippen molar-refractivity contribution in [2.75, 3.05) is 11.9 Å². The molecule has 1 atom stereocenters. The number of anilines is 1. The summed E-state index contributed by atoms with van der Waals surface area (Å²) in [6.45, 7) is 5.67. The third-order valence-corrected chi connectivity index (χ3v) is 2.61. The number of aromatic carboxylic acids is 1. The van der Waals surface area contributed by atoms with Gasteiger partial charge in [0.2, 0.25) is 0 Å². The first-order valence-electron chi connectivity index (χ1n) is 5.53. The Kier molecular flexibility index (Phi) is 4.45. The second kappa shape index (κ2) is 5.63. The fourth-order valence-corrected chi connectivity index (χ4v) is 1.47. The van der Waals surface area contributed by atoms with E-state index in [1.807, 2.05) is 13.8 Å². The number of carboxylic acids is 1. The van der Waals surface area contributed by atoms with Crippen molar-refractivity contribution in [1.82, 2.24) is 4.98 Å². The van der Waals surface area contributed by atoms with E-state index in [1.165, 1.54) is 6.20 Å². The lowest BCUT2D eigenvalue weighted by Gasteiger charge is -2.22. The van der Waals surface area contributed by atoms with Crippen LogP contribution < -0.4 is 5.32 Å². The molecule has 0 unspecified atom stereocenters. The highest BCUT2D eigenvalue weighted by Gasteiger charge is 2.16. The molecule has 0 saturated carbocycles. The van der Waals surface area contributed by atoms with Crippen LogP contribution in [0.4, 0.5) is 5.69 Å². The number of aliphatic hydroxyl groups excluding tert-OH is 1. The number of aryl methyl sites for hydroxylation is 1. The summed E-state index contributed by atoms with van der Waals surface area (Å²) in [5.74, 6) is -0.824. The highest BCUT2D eigenvalue weighted by atomic mass is 16.4. The average Bonchev–Trinajstić information content (AvgIpc) is 2.25. The van der Waals surface area contributed by atoms with E-state index in [0.29, 0.717) is 5.69 Å². The maximum absolute atomic E-state index is 11.0. The second-order valence-corrected chi connectivity index (χ2v) is 4.35. The molecule has 5 heteroatoms. The van der Waals surface area contributed by atoms with Crippen LogP contribution in [0.3, 0.4) is 0 Å². The van der Waals surface area contributed by atoms with E-state index >= 15 is 0 Å². The van der Waals surface area contributed by atoms with E-state index in [2.05, 4.69) is 10.3 Å². The van der Waals surface area contributed by atoms with E-state index in [0.717, 1.165) is 5.69 Å². The van der Waals surface area contributed by atoms with Gasteiger partial charge in [-0.05, 0) is 18.9 Å². The summed E-state index contributed by atoms with van der Waals surface area (Å²) in [5.41, 5.74) is 1.35. The van der Waals surface area contributed by atoms with Gasteiger partial charge in [-0.1, -0.05) is 13.8 Å². The van der Waals surface area contributed by atoms with Gasteiger partial charge in [-0.3, -0.25) is 4.98 Å². The first-order valence-corrected chi connectivity index (χ1v) is 5.53. The predicted octanol–water partition coefficient (Wildman–Crippen LogP) is 1.52. The maximum Gasteiger partial charge on any atom is 0.339 e. The third-order valence-electron chi connectivity index (χ3n) is 2.61. The van der Waals surface area contributed by atoms with Gasteiger partial charge >= 0.3 is 5.97 Å². The zero-order valence-electron chi connectivity index (χ0n) is 10.3. The van der Waals surface area contributed by atoms with E-state index < -0.39 is 5.97 Å². The Morgan fingerprint density at radius 2 is 2.18 bits per heavy atom. The van der Waals surface area contributed by atoms with Gasteiger partial charge < -0.3 is 15.5 Å². The van der Waals surface area contributed by atoms with Gasteiger partial charge in [-0.15, -0.1) is 0 Å². The third kappa shape index (κ3) is 3.42. The van der Waals surface area contributed by atoms with Crippen LogP contribution in [-0.2, 0) is 0 Å². The van der Waals surface area contributed by atoms with E-state index in [9.17, 15) is 9.90 Å². The summed E-state index contributed by atoms with van der Waals surface area (Å²) in [4.78, 5) is 15.0. The van der Waals surface area contributed by atoms with Gasteiger partial charge in [-0.2, -0.15) is 0 Å². The number of hydrogen-bond acceptors (Lipinski definition) is 4. The minimum Gasteiger partial charge on any atom is -0.478 e. The molecule has 0 bridgehead atoms. The van der Waals surface area contributed by atoms with E-state index in [4.69, 9.17) is 5.11 Å². The number of hydrogen-bond donors (Lipinski definition) is 3. The van der Waals surface area contributed by atoms with Gasteiger partial charge in [-0.25, -0.2) is 4.79 Å². The molecule has 0 fully saturated rings. The Labute approximate surface area is 101 Å². The van der Waals surface area contributed by atoms with Crippen molar-refractivity contribution >= 4 is 11.7 Å². The van der Waals surface area contributed by atoms with Gasteiger partial charge in [0.1, 0.15) is 5.56 Å². The minimum atomic E-state index is -1.03. The molecule has 0 aliphatic heterocycles. The molecular formula is C12H18N2O3. The smallest absolute Gasteiger partial charge is 0.339 e. The van der Waals surface area contributed by atoms with Gasteiger partial charge in [0.05, 0.1) is 18.3 Å². The lowest BCUT2D eigenvalue weighted by Crippen LogP contribution is -2.30. The number of nitrogens with one attached hydrogen (secondary N) is 1. The highest BCUT2D eigenvalue weighted by Crippen LogP contribution is 2.18. The molecular weight excluding hydrogens is 220 g/mol. The van der Waals surface area contributed by atoms with Gasteiger partial charge in [0, 0.05) is 11.9 Å². The highest BCUT2D eigenvalue weighted by molar-refractivity contribution is 5.93.